The molecule has 14 heteroatoms. The number of carboxylic acid groups (broad SMARTS) is 1. The summed E-state index contributed by atoms with van der Waals surface area (Å²) in [4.78, 5) is 12.0. The number of hydrogen-bond donors (Lipinski definition) is 2. The average Bonchev–Trinajstić information content (AvgIpc) is 2.97. The van der Waals surface area contributed by atoms with E-state index in [2.05, 4.69) is 5.32 Å². The van der Waals surface area contributed by atoms with Crippen molar-refractivity contribution in [2.45, 2.75) is 45.1 Å². The van der Waals surface area contributed by atoms with Crippen molar-refractivity contribution in [3.8, 4) is 17.1 Å². The van der Waals surface area contributed by atoms with Crippen molar-refractivity contribution >= 4 is 35.5 Å². The number of aliphatic carboxylic acids is 1. The van der Waals surface area contributed by atoms with E-state index in [9.17, 15) is 22.4 Å². The Bertz CT molecular complexity index is 1630. The van der Waals surface area contributed by atoms with Gasteiger partial charge in [-0.05, 0) is 61.6 Å². The van der Waals surface area contributed by atoms with Gasteiger partial charge in [0.05, 0.1) is 30.5 Å². The van der Waals surface area contributed by atoms with Gasteiger partial charge in [-0.2, -0.15) is 17.9 Å². The first-order chi connectivity index (χ1) is 20.4. The summed E-state index contributed by atoms with van der Waals surface area (Å²) in [7, 11) is 1.28. The number of nitrogens with one attached hydrogen (secondary N) is 1. The van der Waals surface area contributed by atoms with E-state index in [-0.39, 0.29) is 71.7 Å². The third-order valence-corrected chi connectivity index (χ3v) is 6.94. The maximum absolute atomic E-state index is 15.5. The molecular weight excluding hydrogens is 600 g/mol. The number of alkyl halides is 3. The molecule has 8 nitrogen and oxygen atoms in total. The molecule has 44 heavy (non-hydrogen) atoms. The van der Waals surface area contributed by atoms with Gasteiger partial charge in [-0.15, -0.1) is 0 Å². The quantitative estimate of drug-likeness (QED) is 0.112. The van der Waals surface area contributed by atoms with Gasteiger partial charge in [0.1, 0.15) is 5.82 Å². The van der Waals surface area contributed by atoms with Crippen LogP contribution in [0.25, 0.3) is 11.3 Å². The number of aromatic nitrogens is 2. The molecule has 3 aromatic carbocycles. The molecule has 4 rings (SSSR count). The summed E-state index contributed by atoms with van der Waals surface area (Å²) in [6, 6.07) is 15.6. The van der Waals surface area contributed by atoms with Gasteiger partial charge in [-0.25, -0.2) is 8.78 Å². The fraction of sp³-hybridized carbons (Fsp3) is 0.300. The molecule has 0 fully saturated rings. The van der Waals surface area contributed by atoms with Gasteiger partial charge in [0.25, 0.3) is 0 Å². The van der Waals surface area contributed by atoms with Crippen LogP contribution in [0.5, 0.6) is 5.75 Å². The van der Waals surface area contributed by atoms with Crippen LogP contribution in [0.15, 0.2) is 75.9 Å². The van der Waals surface area contributed by atoms with Crippen LogP contribution >= 0.6 is 0 Å². The Labute approximate surface area is 271 Å². The van der Waals surface area contributed by atoms with Gasteiger partial charge in [-0.3, -0.25) is 14.7 Å². The normalized spacial score (nSPS) is 12.7. The summed E-state index contributed by atoms with van der Waals surface area (Å²) in [6.45, 7) is 2.48. The third-order valence-electron chi connectivity index (χ3n) is 6.94. The van der Waals surface area contributed by atoms with Crippen LogP contribution in [0.4, 0.5) is 22.0 Å². The van der Waals surface area contributed by atoms with E-state index in [0.29, 0.717) is 5.56 Å². The number of hydrogen-bond acceptors (Lipinski definition) is 5. The summed E-state index contributed by atoms with van der Waals surface area (Å²) in [6.07, 6.45) is -4.79. The second kappa shape index (κ2) is 14.5. The zero-order chi connectivity index (χ0) is 31.4. The zero-order valence-electron chi connectivity index (χ0n) is 23.5. The van der Waals surface area contributed by atoms with Crippen LogP contribution in [-0.2, 0) is 23.2 Å². The van der Waals surface area contributed by atoms with Crippen LogP contribution in [0.1, 0.15) is 42.1 Å². The molecule has 0 aliphatic heterocycles. The molecule has 0 aliphatic rings. The molecule has 0 saturated heterocycles. The molecule has 1 aromatic heterocycles. The summed E-state index contributed by atoms with van der Waals surface area (Å²) in [5.41, 5.74) is -2.81. The first-order valence-electron chi connectivity index (χ1n) is 13.2. The predicted octanol–water partition coefficient (Wildman–Crippen LogP) is 6.46. The molecule has 2 N–H and O–H groups in total. The summed E-state index contributed by atoms with van der Waals surface area (Å²) in [5.74, 6) is -3.17. The molecule has 0 spiro atoms. The molecular formula is C30H31F5N3NaO5. The zero-order valence-corrected chi connectivity index (χ0v) is 23.5. The fourth-order valence-corrected chi connectivity index (χ4v) is 4.57. The van der Waals surface area contributed by atoms with Crippen molar-refractivity contribution in [3.63, 3.8) is 0 Å². The molecule has 0 saturated carbocycles. The van der Waals surface area contributed by atoms with Crippen LogP contribution < -0.4 is 10.1 Å². The molecule has 1 atom stereocenters. The molecule has 1 heterocycles. The van der Waals surface area contributed by atoms with E-state index in [0.717, 1.165) is 27.9 Å². The topological polar surface area (TPSA) is 94.7 Å². The van der Waals surface area contributed by atoms with Crippen molar-refractivity contribution in [1.29, 1.82) is 0 Å². The van der Waals surface area contributed by atoms with Gasteiger partial charge in [-0.1, -0.05) is 42.5 Å². The number of methoxy groups -OCH3 is 1. The number of nitrogens with zero attached hydrogens (tertiary/aromatic N) is 2. The third kappa shape index (κ3) is 7.57. The van der Waals surface area contributed by atoms with Crippen molar-refractivity contribution in [3.05, 3.63) is 101 Å². The van der Waals surface area contributed by atoms with E-state index in [4.69, 9.17) is 19.0 Å². The molecule has 232 valence electrons. The van der Waals surface area contributed by atoms with Gasteiger partial charge in [0.15, 0.2) is 23.0 Å². The Hall–Kier alpha value is -3.52. The predicted molar refractivity (Wildman–Crippen MR) is 153 cm³/mol. The first kappa shape index (κ1) is 35.0. The number of halogens is 5. The average molecular weight is 632 g/mol. The Morgan fingerprint density at radius 3 is 2.34 bits per heavy atom. The minimum atomic E-state index is -4.87. The SMILES string of the molecule is COc1cccc(-c2on([C@@](C)(NCCCC(=O)O)c3ccccc3)on(Cc3c(F)cccc3C(F)(F)F)c2C)c1F.[NaH]. The maximum atomic E-state index is 15.5. The van der Waals surface area contributed by atoms with Crippen molar-refractivity contribution in [1.82, 2.24) is 15.0 Å². The van der Waals surface area contributed by atoms with Crippen molar-refractivity contribution < 1.29 is 45.7 Å². The molecule has 0 unspecified atom stereocenters. The first-order valence-corrected chi connectivity index (χ1v) is 13.2. The molecule has 0 bridgehead atoms. The van der Waals surface area contributed by atoms with Gasteiger partial charge >= 0.3 is 41.7 Å². The van der Waals surface area contributed by atoms with Gasteiger partial charge in [0.2, 0.25) is 0 Å². The number of rotatable bonds is 11. The van der Waals surface area contributed by atoms with E-state index in [1.165, 1.54) is 32.2 Å². The van der Waals surface area contributed by atoms with Gasteiger partial charge < -0.3 is 14.4 Å². The molecule has 0 amide bonds. The Kier molecular flexibility index (Phi) is 11.5. The molecule has 0 aliphatic carbocycles. The Morgan fingerprint density at radius 1 is 1.02 bits per heavy atom. The van der Waals surface area contributed by atoms with E-state index < -0.39 is 47.1 Å². The number of ether oxygens (including phenoxy) is 1. The van der Waals surface area contributed by atoms with E-state index in [1.54, 1.807) is 37.3 Å². The number of benzene rings is 3. The van der Waals surface area contributed by atoms with E-state index in [1.807, 2.05) is 0 Å². The van der Waals surface area contributed by atoms with Gasteiger partial charge in [0, 0.05) is 12.0 Å². The van der Waals surface area contributed by atoms with Crippen molar-refractivity contribution in [2.24, 2.45) is 0 Å². The summed E-state index contributed by atoms with van der Waals surface area (Å²) in [5, 5.41) is 12.3. The summed E-state index contributed by atoms with van der Waals surface area (Å²) < 4.78 is 90.3. The Morgan fingerprint density at radius 2 is 1.70 bits per heavy atom. The van der Waals surface area contributed by atoms with Crippen molar-refractivity contribution in [2.75, 3.05) is 13.7 Å². The molecule has 0 radical (unpaired) electrons. The van der Waals surface area contributed by atoms with E-state index >= 15 is 4.39 Å². The monoisotopic (exact) mass is 631 g/mol. The summed E-state index contributed by atoms with van der Waals surface area (Å²) >= 11 is 0. The minimum absolute atomic E-state index is 0. The second-order valence-corrected chi connectivity index (χ2v) is 9.83. The second-order valence-electron chi connectivity index (χ2n) is 9.83. The molecule has 4 aromatic rings. The van der Waals surface area contributed by atoms with Crippen LogP contribution in [-0.4, -0.2) is 63.9 Å². The number of carbonyl (C=O) groups is 1. The number of carboxylic acids is 1. The Balaban J connectivity index is 0.00000529. The van der Waals surface area contributed by atoms with Crippen LogP contribution in [0, 0.1) is 18.6 Å². The standard InChI is InChI=1S/C30H30F5N3O5.Na.H/c1-19-28(21-12-7-15-25(41-3)27(21)32)42-38(29(2,20-10-5-4-6-11-20)36-17-9-16-26(39)40)43-37(19)18-22-23(30(33,34)35)13-8-14-24(22)31;;/h4-8,10-15,36H,9,16-18H2,1-3H3,(H,39,40);;/t29-;;/m1../s1. The fourth-order valence-electron chi connectivity index (χ4n) is 4.57. The van der Waals surface area contributed by atoms with Crippen LogP contribution in [0.3, 0.4) is 0 Å². The van der Waals surface area contributed by atoms with Crippen LogP contribution in [0.2, 0.25) is 0 Å².